The molecule has 0 bridgehead atoms. The van der Waals surface area contributed by atoms with Crippen molar-refractivity contribution >= 4 is 27.5 Å². The summed E-state index contributed by atoms with van der Waals surface area (Å²) in [5.74, 6) is 0.478. The van der Waals surface area contributed by atoms with Gasteiger partial charge >= 0.3 is 0 Å². The van der Waals surface area contributed by atoms with Crippen LogP contribution in [0.25, 0.3) is 0 Å². The minimum absolute atomic E-state index is 0.260. The zero-order valence-electron chi connectivity index (χ0n) is 22.0. The van der Waals surface area contributed by atoms with Gasteiger partial charge in [-0.1, -0.05) is 55.5 Å². The van der Waals surface area contributed by atoms with Crippen LogP contribution >= 0.6 is 0 Å². The fraction of sp³-hybridized carbons (Fsp3) is 0.310. The van der Waals surface area contributed by atoms with Crippen molar-refractivity contribution in [3.8, 4) is 11.5 Å². The summed E-state index contributed by atoms with van der Waals surface area (Å²) >= 11 is 0. The van der Waals surface area contributed by atoms with E-state index in [1.165, 1.54) is 4.90 Å². The van der Waals surface area contributed by atoms with Crippen LogP contribution in [0.4, 0.5) is 5.69 Å². The Morgan fingerprint density at radius 2 is 1.45 bits per heavy atom. The predicted molar refractivity (Wildman–Crippen MR) is 150 cm³/mol. The third kappa shape index (κ3) is 8.08. The molecule has 0 spiro atoms. The molecule has 8 nitrogen and oxygen atoms in total. The molecule has 0 aliphatic rings. The first-order valence-corrected chi connectivity index (χ1v) is 14.5. The molecule has 0 saturated heterocycles. The number of carbonyl (C=O) groups is 2. The smallest absolute Gasteiger partial charge is 0.244 e. The van der Waals surface area contributed by atoms with Crippen LogP contribution in [0.1, 0.15) is 25.8 Å². The number of rotatable bonds is 13. The van der Waals surface area contributed by atoms with Gasteiger partial charge in [0.1, 0.15) is 24.1 Å². The molecule has 3 aromatic rings. The van der Waals surface area contributed by atoms with Gasteiger partial charge in [0, 0.05) is 13.1 Å². The van der Waals surface area contributed by atoms with E-state index in [9.17, 15) is 18.0 Å². The van der Waals surface area contributed by atoms with Crippen molar-refractivity contribution in [2.75, 3.05) is 30.2 Å². The highest BCUT2D eigenvalue weighted by Gasteiger charge is 2.31. The van der Waals surface area contributed by atoms with Crippen molar-refractivity contribution in [2.45, 2.75) is 32.7 Å². The van der Waals surface area contributed by atoms with Crippen molar-refractivity contribution < 1.29 is 22.7 Å². The Kier molecular flexibility index (Phi) is 10.3. The van der Waals surface area contributed by atoms with Gasteiger partial charge in [-0.25, -0.2) is 8.42 Å². The third-order valence-electron chi connectivity index (χ3n) is 6.00. The maximum Gasteiger partial charge on any atom is 0.244 e. The van der Waals surface area contributed by atoms with Crippen LogP contribution in [0.3, 0.4) is 0 Å². The van der Waals surface area contributed by atoms with E-state index in [0.717, 1.165) is 16.1 Å². The molecule has 0 saturated carbocycles. The molecule has 1 N–H and O–H groups in total. The number of ether oxygens (including phenoxy) is 1. The first-order chi connectivity index (χ1) is 18.2. The quantitative estimate of drug-likeness (QED) is 0.352. The Bertz CT molecular complexity index is 1280. The molecule has 2 amide bonds. The van der Waals surface area contributed by atoms with Gasteiger partial charge in [-0.15, -0.1) is 0 Å². The van der Waals surface area contributed by atoms with Crippen molar-refractivity contribution in [2.24, 2.45) is 0 Å². The lowest BCUT2D eigenvalue weighted by atomic mass is 10.1. The van der Waals surface area contributed by atoms with Gasteiger partial charge in [0.15, 0.2) is 0 Å². The number of para-hydroxylation sites is 1. The molecule has 38 heavy (non-hydrogen) atoms. The van der Waals surface area contributed by atoms with Crippen LogP contribution in [0.5, 0.6) is 11.5 Å². The number of anilines is 1. The topological polar surface area (TPSA) is 96.0 Å². The summed E-state index contributed by atoms with van der Waals surface area (Å²) in [4.78, 5) is 27.9. The monoisotopic (exact) mass is 537 g/mol. The molecule has 0 fully saturated rings. The summed E-state index contributed by atoms with van der Waals surface area (Å²) in [6.07, 6.45) is 1.99. The van der Waals surface area contributed by atoms with Crippen LogP contribution in [0.2, 0.25) is 0 Å². The average molecular weight is 538 g/mol. The average Bonchev–Trinajstić information content (AvgIpc) is 2.90. The molecule has 1 atom stereocenters. The molecule has 9 heteroatoms. The van der Waals surface area contributed by atoms with Gasteiger partial charge in [-0.05, 0) is 61.7 Å². The first-order valence-electron chi connectivity index (χ1n) is 12.6. The number of nitrogens with zero attached hydrogens (tertiary/aromatic N) is 2. The Balaban J connectivity index is 1.83. The Hall–Kier alpha value is -3.85. The summed E-state index contributed by atoms with van der Waals surface area (Å²) in [5.41, 5.74) is 1.35. The Labute approximate surface area is 225 Å². The van der Waals surface area contributed by atoms with Crippen LogP contribution in [0.15, 0.2) is 84.9 Å². The molecule has 3 aromatic carbocycles. The lowest BCUT2D eigenvalue weighted by Gasteiger charge is -2.32. The van der Waals surface area contributed by atoms with E-state index in [2.05, 4.69) is 5.32 Å². The SMILES string of the molecule is CCNC(=O)C(CC)N(CCc1ccccc1)C(=O)CN(c1ccc(Oc2ccccc2)cc1)S(C)(=O)=O. The Morgan fingerprint density at radius 3 is 2.00 bits per heavy atom. The minimum atomic E-state index is -3.80. The number of hydrogen-bond donors (Lipinski definition) is 1. The summed E-state index contributed by atoms with van der Waals surface area (Å²) in [6, 6.07) is 24.7. The van der Waals surface area contributed by atoms with Crippen LogP contribution < -0.4 is 14.4 Å². The normalized spacial score (nSPS) is 11.9. The van der Waals surface area contributed by atoms with Crippen molar-refractivity contribution in [3.05, 3.63) is 90.5 Å². The summed E-state index contributed by atoms with van der Waals surface area (Å²) in [7, 11) is -3.80. The lowest BCUT2D eigenvalue weighted by molar-refractivity contribution is -0.139. The Morgan fingerprint density at radius 1 is 0.868 bits per heavy atom. The zero-order valence-corrected chi connectivity index (χ0v) is 22.9. The molecule has 0 aliphatic carbocycles. The standard InChI is InChI=1S/C29H35N3O5S/c1-4-27(29(34)30-5-2)31(21-20-23-12-8-6-9-13-23)28(33)22-32(38(3,35)36)24-16-18-26(19-17-24)37-25-14-10-7-11-15-25/h6-19,27H,4-5,20-22H2,1-3H3,(H,30,34). The van der Waals surface area contributed by atoms with Gasteiger partial charge in [0.2, 0.25) is 21.8 Å². The molecule has 0 radical (unpaired) electrons. The fourth-order valence-electron chi connectivity index (χ4n) is 4.11. The number of hydrogen-bond acceptors (Lipinski definition) is 5. The molecular formula is C29H35N3O5S. The number of likely N-dealkylation sites (N-methyl/N-ethyl adjacent to an activating group) is 1. The lowest BCUT2D eigenvalue weighted by Crippen LogP contribution is -2.53. The van der Waals surface area contributed by atoms with Crippen LogP contribution in [-0.2, 0) is 26.0 Å². The van der Waals surface area contributed by atoms with Gasteiger partial charge < -0.3 is 15.0 Å². The number of nitrogens with one attached hydrogen (secondary N) is 1. The molecule has 0 aromatic heterocycles. The largest absolute Gasteiger partial charge is 0.457 e. The number of amides is 2. The van der Waals surface area contributed by atoms with Crippen molar-refractivity contribution in [3.63, 3.8) is 0 Å². The molecule has 202 valence electrons. The second kappa shape index (κ2) is 13.6. The van der Waals surface area contributed by atoms with E-state index in [-0.39, 0.29) is 12.5 Å². The number of sulfonamides is 1. The highest BCUT2D eigenvalue weighted by atomic mass is 32.2. The molecule has 0 heterocycles. The van der Waals surface area contributed by atoms with E-state index in [1.54, 1.807) is 24.3 Å². The van der Waals surface area contributed by atoms with Gasteiger partial charge in [-0.3, -0.25) is 13.9 Å². The van der Waals surface area contributed by atoms with Crippen molar-refractivity contribution in [1.82, 2.24) is 10.2 Å². The minimum Gasteiger partial charge on any atom is -0.457 e. The van der Waals surface area contributed by atoms with Crippen LogP contribution in [0, 0.1) is 0 Å². The zero-order chi connectivity index (χ0) is 27.5. The van der Waals surface area contributed by atoms with Gasteiger partial charge in [0.05, 0.1) is 11.9 Å². The summed E-state index contributed by atoms with van der Waals surface area (Å²) in [5, 5.41) is 2.79. The highest BCUT2D eigenvalue weighted by Crippen LogP contribution is 2.26. The molecule has 3 rings (SSSR count). The predicted octanol–water partition coefficient (Wildman–Crippen LogP) is 4.23. The van der Waals surface area contributed by atoms with E-state index in [4.69, 9.17) is 4.74 Å². The maximum atomic E-state index is 13.6. The first kappa shape index (κ1) is 28.7. The van der Waals surface area contributed by atoms with E-state index in [0.29, 0.717) is 36.6 Å². The highest BCUT2D eigenvalue weighted by molar-refractivity contribution is 7.92. The summed E-state index contributed by atoms with van der Waals surface area (Å²) < 4.78 is 32.4. The number of benzene rings is 3. The molecule has 0 aliphatic heterocycles. The van der Waals surface area contributed by atoms with Crippen LogP contribution in [-0.4, -0.2) is 57.1 Å². The van der Waals surface area contributed by atoms with E-state index >= 15 is 0 Å². The van der Waals surface area contributed by atoms with Crippen molar-refractivity contribution in [1.29, 1.82) is 0 Å². The summed E-state index contributed by atoms with van der Waals surface area (Å²) in [6.45, 7) is 3.94. The molecule has 1 unspecified atom stereocenters. The second-order valence-corrected chi connectivity index (χ2v) is 10.7. The van der Waals surface area contributed by atoms with E-state index < -0.39 is 28.5 Å². The van der Waals surface area contributed by atoms with Gasteiger partial charge in [0.25, 0.3) is 0 Å². The molecular weight excluding hydrogens is 502 g/mol. The second-order valence-electron chi connectivity index (χ2n) is 8.82. The third-order valence-corrected chi connectivity index (χ3v) is 7.14. The fourth-order valence-corrected chi connectivity index (χ4v) is 4.96. The maximum absolute atomic E-state index is 13.6. The van der Waals surface area contributed by atoms with Gasteiger partial charge in [-0.2, -0.15) is 0 Å². The van der Waals surface area contributed by atoms with E-state index in [1.807, 2.05) is 74.5 Å². The number of carbonyl (C=O) groups excluding carboxylic acids is 2.